The Labute approximate surface area is 122 Å². The minimum absolute atomic E-state index is 0.0334. The van der Waals surface area contributed by atoms with Crippen LogP contribution in [0, 0.1) is 10.1 Å². The largest absolute Gasteiger partial charge is 0.488 e. The lowest BCUT2D eigenvalue weighted by Crippen LogP contribution is -2.61. The molecule has 2 aliphatic rings. The summed E-state index contributed by atoms with van der Waals surface area (Å²) in [4.78, 5) is 24.0. The molecule has 2 aliphatic heterocycles. The summed E-state index contributed by atoms with van der Waals surface area (Å²) in [5.74, 6) is -0.529. The fourth-order valence-corrected chi connectivity index (χ4v) is 2.84. The van der Waals surface area contributed by atoms with E-state index in [0.29, 0.717) is 11.4 Å². The zero-order chi connectivity index (χ0) is 16.1. The first-order valence-corrected chi connectivity index (χ1v) is 6.50. The zero-order valence-electron chi connectivity index (χ0n) is 11.2. The van der Waals surface area contributed by atoms with Gasteiger partial charge in [-0.05, 0) is 23.6 Å². The molecule has 3 rings (SSSR count). The van der Waals surface area contributed by atoms with Gasteiger partial charge < -0.3 is 0 Å². The van der Waals surface area contributed by atoms with Gasteiger partial charge >= 0.3 is 6.30 Å². The van der Waals surface area contributed by atoms with Crippen LogP contribution in [-0.4, -0.2) is 35.0 Å². The normalized spacial score (nSPS) is 21.5. The van der Waals surface area contributed by atoms with Gasteiger partial charge in [0, 0.05) is 13.0 Å². The maximum absolute atomic E-state index is 13.4. The number of amides is 1. The number of carbonyl (C=O) groups excluding carboxylic acids is 1. The third kappa shape index (κ3) is 2.02. The van der Waals surface area contributed by atoms with Gasteiger partial charge in [-0.25, -0.2) is 15.0 Å². The first kappa shape index (κ1) is 14.4. The molecule has 1 amide bonds. The quantitative estimate of drug-likeness (QED) is 0.474. The molecule has 7 nitrogen and oxygen atoms in total. The monoisotopic (exact) mass is 316 g/mol. The van der Waals surface area contributed by atoms with Crippen LogP contribution >= 0.6 is 0 Å². The number of para-hydroxylation sites is 2. The number of anilines is 2. The second kappa shape index (κ2) is 4.75. The van der Waals surface area contributed by atoms with E-state index >= 15 is 0 Å². The smallest absolute Gasteiger partial charge is 0.300 e. The van der Waals surface area contributed by atoms with E-state index in [4.69, 9.17) is 0 Å². The zero-order valence-corrected chi connectivity index (χ0v) is 11.2. The van der Waals surface area contributed by atoms with Crippen LogP contribution < -0.4 is 9.91 Å². The van der Waals surface area contributed by atoms with Crippen LogP contribution in [0.25, 0.3) is 0 Å². The molecule has 0 radical (unpaired) electrons. The average Bonchev–Trinajstić information content (AvgIpc) is 2.97. The Morgan fingerprint density at radius 3 is 2.36 bits per heavy atom. The van der Waals surface area contributed by atoms with E-state index < -0.39 is 23.5 Å². The van der Waals surface area contributed by atoms with E-state index in [0.717, 1.165) is 11.0 Å². The van der Waals surface area contributed by atoms with Crippen LogP contribution in [0.4, 0.5) is 24.5 Å². The first-order valence-electron chi connectivity index (χ1n) is 6.50. The number of likely N-dealkylation sites (tertiary alicyclic amines) is 1. The predicted octanol–water partition coefficient (Wildman–Crippen LogP) is 1.93. The lowest BCUT2D eigenvalue weighted by molar-refractivity contribution is -0.503. The van der Waals surface area contributed by atoms with Crippen molar-refractivity contribution in [3.8, 4) is 0 Å². The van der Waals surface area contributed by atoms with Gasteiger partial charge in [-0.2, -0.15) is 0 Å². The van der Waals surface area contributed by atoms with Crippen molar-refractivity contribution in [2.75, 3.05) is 16.5 Å². The number of alkyl halides is 3. The van der Waals surface area contributed by atoms with Crippen molar-refractivity contribution in [1.82, 2.24) is 4.90 Å². The molecule has 1 atom stereocenters. The molecule has 1 aromatic carbocycles. The molecule has 0 aromatic heterocycles. The average molecular weight is 316 g/mol. The molecule has 0 saturated carbocycles. The van der Waals surface area contributed by atoms with Crippen molar-refractivity contribution in [2.24, 2.45) is 0 Å². The SMILES string of the molecule is O=C1CCCN1C1N([N+](=O)[O-])c2ccccc2N1C(F)(F)F. The van der Waals surface area contributed by atoms with Crippen molar-refractivity contribution < 1.29 is 23.0 Å². The Hall–Kier alpha value is -2.52. The second-order valence-electron chi connectivity index (χ2n) is 4.95. The fourth-order valence-electron chi connectivity index (χ4n) is 2.84. The van der Waals surface area contributed by atoms with Gasteiger partial charge in [0.25, 0.3) is 6.29 Å². The number of hydrazine groups is 1. The molecular formula is C12H11F3N4O3. The summed E-state index contributed by atoms with van der Waals surface area (Å²) >= 11 is 0. The molecule has 1 aromatic rings. The molecule has 10 heteroatoms. The number of nitrogens with zero attached hydrogens (tertiary/aromatic N) is 4. The number of benzene rings is 1. The number of halogens is 3. The summed E-state index contributed by atoms with van der Waals surface area (Å²) in [7, 11) is 0. The summed E-state index contributed by atoms with van der Waals surface area (Å²) in [6.45, 7) is 0.0500. The van der Waals surface area contributed by atoms with Crippen LogP contribution in [0.3, 0.4) is 0 Å². The van der Waals surface area contributed by atoms with Crippen LogP contribution in [0.2, 0.25) is 0 Å². The van der Waals surface area contributed by atoms with Crippen LogP contribution in [-0.2, 0) is 4.79 Å². The van der Waals surface area contributed by atoms with E-state index in [9.17, 15) is 28.1 Å². The van der Waals surface area contributed by atoms with Crippen LogP contribution in [0.1, 0.15) is 12.8 Å². The number of rotatable bonds is 2. The van der Waals surface area contributed by atoms with Gasteiger partial charge in [-0.3, -0.25) is 9.69 Å². The minimum Gasteiger partial charge on any atom is -0.300 e. The maximum Gasteiger partial charge on any atom is 0.488 e. The van der Waals surface area contributed by atoms with Crippen molar-refractivity contribution in [3.63, 3.8) is 0 Å². The van der Waals surface area contributed by atoms with E-state index in [1.807, 2.05) is 0 Å². The lowest BCUT2D eigenvalue weighted by Gasteiger charge is -2.34. The highest BCUT2D eigenvalue weighted by Crippen LogP contribution is 2.46. The highest BCUT2D eigenvalue weighted by atomic mass is 19.4. The number of hydrogen-bond acceptors (Lipinski definition) is 4. The lowest BCUT2D eigenvalue weighted by atomic mass is 10.3. The van der Waals surface area contributed by atoms with E-state index in [1.165, 1.54) is 18.2 Å². The van der Waals surface area contributed by atoms with Gasteiger partial charge in [0.05, 0.1) is 5.69 Å². The molecule has 0 bridgehead atoms. The molecule has 0 spiro atoms. The number of hydrogen-bond donors (Lipinski definition) is 0. The van der Waals surface area contributed by atoms with Gasteiger partial charge in [0.2, 0.25) is 5.91 Å². The minimum atomic E-state index is -4.85. The molecule has 1 fully saturated rings. The van der Waals surface area contributed by atoms with Gasteiger partial charge in [-0.15, -0.1) is 13.2 Å². The van der Waals surface area contributed by atoms with Crippen molar-refractivity contribution in [3.05, 3.63) is 34.4 Å². The van der Waals surface area contributed by atoms with Gasteiger partial charge in [-0.1, -0.05) is 12.1 Å². The fraction of sp³-hybridized carbons (Fsp3) is 0.417. The second-order valence-corrected chi connectivity index (χ2v) is 4.95. The highest BCUT2D eigenvalue weighted by Gasteiger charge is 2.58. The molecule has 118 valence electrons. The Morgan fingerprint density at radius 1 is 1.23 bits per heavy atom. The Bertz CT molecular complexity index is 636. The molecule has 2 heterocycles. The van der Waals surface area contributed by atoms with Crippen LogP contribution in [0.15, 0.2) is 24.3 Å². The van der Waals surface area contributed by atoms with E-state index in [1.54, 1.807) is 0 Å². The van der Waals surface area contributed by atoms with E-state index in [2.05, 4.69) is 0 Å². The summed E-state index contributed by atoms with van der Waals surface area (Å²) in [5, 5.41) is 10.8. The molecule has 1 saturated heterocycles. The Balaban J connectivity index is 2.16. The first-order chi connectivity index (χ1) is 10.3. The summed E-state index contributed by atoms with van der Waals surface area (Å²) in [5.41, 5.74) is -0.522. The summed E-state index contributed by atoms with van der Waals surface area (Å²) < 4.78 is 40.3. The summed E-state index contributed by atoms with van der Waals surface area (Å²) in [6, 6.07) is 5.17. The van der Waals surface area contributed by atoms with Crippen LogP contribution in [0.5, 0.6) is 0 Å². The maximum atomic E-state index is 13.4. The van der Waals surface area contributed by atoms with Crippen molar-refractivity contribution in [1.29, 1.82) is 0 Å². The molecule has 0 aliphatic carbocycles. The van der Waals surface area contributed by atoms with Crippen molar-refractivity contribution >= 4 is 17.3 Å². The molecule has 0 N–H and O–H groups in total. The Kier molecular flexibility index (Phi) is 3.11. The van der Waals surface area contributed by atoms with Gasteiger partial charge in [0.1, 0.15) is 5.69 Å². The summed E-state index contributed by atoms with van der Waals surface area (Å²) in [6.07, 6.45) is -6.22. The topological polar surface area (TPSA) is 69.9 Å². The third-order valence-electron chi connectivity index (χ3n) is 3.68. The molecular weight excluding hydrogens is 305 g/mol. The highest BCUT2D eigenvalue weighted by molar-refractivity contribution is 5.83. The number of carbonyl (C=O) groups is 1. The van der Waals surface area contributed by atoms with E-state index in [-0.39, 0.29) is 29.2 Å². The number of nitro groups is 1. The third-order valence-corrected chi connectivity index (χ3v) is 3.68. The molecule has 1 unspecified atom stereocenters. The molecule has 22 heavy (non-hydrogen) atoms. The van der Waals surface area contributed by atoms with Crippen molar-refractivity contribution in [2.45, 2.75) is 25.4 Å². The number of fused-ring (bicyclic) bond motifs is 1. The standard InChI is InChI=1S/C12H11F3N4O3/c13-12(14,15)17-8-4-1-2-5-9(8)18(19(21)22)11(17)16-7-3-6-10(16)20/h1-2,4-5,11H,3,6-7H2. The Morgan fingerprint density at radius 2 is 1.86 bits per heavy atom. The predicted molar refractivity (Wildman–Crippen MR) is 69.2 cm³/mol. The van der Waals surface area contributed by atoms with Gasteiger partial charge in [0.15, 0.2) is 5.03 Å².